The van der Waals surface area contributed by atoms with Gasteiger partial charge in [0.2, 0.25) is 0 Å². The van der Waals surface area contributed by atoms with E-state index in [4.69, 9.17) is 0 Å². The molecule has 0 atom stereocenters. The smallest absolute Gasteiger partial charge is 0.405 e. The number of ketones is 1. The Kier molecular flexibility index (Phi) is 5.00. The number of halogens is 3. The first kappa shape index (κ1) is 16.5. The standard InChI is InChI=1S/C16H12F3NO3/c17-16(18,19)23-14-9-5-4-8-12(14)15(22)20-10-13(21)11-6-2-1-3-7-11/h1-9H,10H2,(H,20,22). The van der Waals surface area contributed by atoms with Crippen LogP contribution in [0.4, 0.5) is 13.2 Å². The molecule has 0 aliphatic heterocycles. The van der Waals surface area contributed by atoms with Crippen LogP contribution in [-0.2, 0) is 0 Å². The number of carbonyl (C=O) groups excluding carboxylic acids is 2. The predicted octanol–water partition coefficient (Wildman–Crippen LogP) is 3.20. The molecule has 0 aromatic heterocycles. The number of para-hydroxylation sites is 1. The Labute approximate surface area is 129 Å². The molecule has 0 heterocycles. The second kappa shape index (κ2) is 6.95. The van der Waals surface area contributed by atoms with Gasteiger partial charge in [0.05, 0.1) is 12.1 Å². The molecule has 0 spiro atoms. The van der Waals surface area contributed by atoms with Crippen molar-refractivity contribution in [1.82, 2.24) is 5.32 Å². The first-order valence-corrected chi connectivity index (χ1v) is 6.58. The molecule has 0 fully saturated rings. The van der Waals surface area contributed by atoms with E-state index in [0.717, 1.165) is 6.07 Å². The number of hydrogen-bond acceptors (Lipinski definition) is 3. The maximum absolute atomic E-state index is 12.3. The van der Waals surface area contributed by atoms with Crippen LogP contribution in [0.2, 0.25) is 0 Å². The number of Topliss-reactive ketones (excluding diaryl/α,β-unsaturated/α-hetero) is 1. The van der Waals surface area contributed by atoms with Crippen LogP contribution < -0.4 is 10.1 Å². The fraction of sp³-hybridized carbons (Fsp3) is 0.125. The number of ether oxygens (including phenoxy) is 1. The van der Waals surface area contributed by atoms with E-state index in [1.54, 1.807) is 30.3 Å². The first-order chi connectivity index (χ1) is 10.9. The molecule has 2 aromatic rings. The lowest BCUT2D eigenvalue weighted by Gasteiger charge is -2.12. The molecule has 2 rings (SSSR count). The van der Waals surface area contributed by atoms with Gasteiger partial charge in [-0.05, 0) is 12.1 Å². The van der Waals surface area contributed by atoms with Crippen LogP contribution in [-0.4, -0.2) is 24.6 Å². The van der Waals surface area contributed by atoms with Crippen LogP contribution in [0, 0.1) is 0 Å². The number of hydrogen-bond donors (Lipinski definition) is 1. The van der Waals surface area contributed by atoms with Gasteiger partial charge in [0.25, 0.3) is 5.91 Å². The lowest BCUT2D eigenvalue weighted by molar-refractivity contribution is -0.274. The Morgan fingerprint density at radius 3 is 2.22 bits per heavy atom. The molecular weight excluding hydrogens is 311 g/mol. The number of alkyl halides is 3. The van der Waals surface area contributed by atoms with Crippen molar-refractivity contribution in [2.45, 2.75) is 6.36 Å². The number of benzene rings is 2. The third kappa shape index (κ3) is 4.84. The highest BCUT2D eigenvalue weighted by Crippen LogP contribution is 2.26. The minimum atomic E-state index is -4.91. The summed E-state index contributed by atoms with van der Waals surface area (Å²) in [7, 11) is 0. The molecule has 1 amide bonds. The van der Waals surface area contributed by atoms with Crippen molar-refractivity contribution in [2.24, 2.45) is 0 Å². The topological polar surface area (TPSA) is 55.4 Å². The van der Waals surface area contributed by atoms with Crippen molar-refractivity contribution >= 4 is 11.7 Å². The van der Waals surface area contributed by atoms with Crippen molar-refractivity contribution in [1.29, 1.82) is 0 Å². The zero-order valence-electron chi connectivity index (χ0n) is 11.8. The Morgan fingerprint density at radius 2 is 1.57 bits per heavy atom. The van der Waals surface area contributed by atoms with Crippen molar-refractivity contribution in [3.63, 3.8) is 0 Å². The normalized spacial score (nSPS) is 10.9. The molecule has 0 aliphatic carbocycles. The van der Waals surface area contributed by atoms with E-state index in [2.05, 4.69) is 10.1 Å². The second-order valence-electron chi connectivity index (χ2n) is 4.52. The molecule has 1 N–H and O–H groups in total. The number of nitrogens with one attached hydrogen (secondary N) is 1. The van der Waals surface area contributed by atoms with Crippen molar-refractivity contribution in [3.8, 4) is 5.75 Å². The summed E-state index contributed by atoms with van der Waals surface area (Å²) in [6, 6.07) is 13.2. The van der Waals surface area contributed by atoms with Crippen LogP contribution in [0.25, 0.3) is 0 Å². The zero-order chi connectivity index (χ0) is 16.9. The fourth-order valence-electron chi connectivity index (χ4n) is 1.85. The van der Waals surface area contributed by atoms with Gasteiger partial charge in [-0.25, -0.2) is 0 Å². The molecule has 23 heavy (non-hydrogen) atoms. The third-order valence-electron chi connectivity index (χ3n) is 2.86. The first-order valence-electron chi connectivity index (χ1n) is 6.58. The summed E-state index contributed by atoms with van der Waals surface area (Å²) in [5.74, 6) is -1.80. The molecule has 0 radical (unpaired) electrons. The number of rotatable bonds is 5. The second-order valence-corrected chi connectivity index (χ2v) is 4.52. The summed E-state index contributed by atoms with van der Waals surface area (Å²) in [4.78, 5) is 23.8. The van der Waals surface area contributed by atoms with E-state index in [-0.39, 0.29) is 17.9 Å². The van der Waals surface area contributed by atoms with Gasteiger partial charge in [-0.3, -0.25) is 9.59 Å². The number of carbonyl (C=O) groups is 2. The molecule has 0 saturated carbocycles. The van der Waals surface area contributed by atoms with Crippen LogP contribution in [0.3, 0.4) is 0 Å². The summed E-state index contributed by atoms with van der Waals surface area (Å²) >= 11 is 0. The van der Waals surface area contributed by atoms with Crippen molar-refractivity contribution in [2.75, 3.05) is 6.54 Å². The van der Waals surface area contributed by atoms with Crippen LogP contribution in [0.15, 0.2) is 54.6 Å². The molecule has 4 nitrogen and oxygen atoms in total. The van der Waals surface area contributed by atoms with Gasteiger partial charge >= 0.3 is 6.36 Å². The Morgan fingerprint density at radius 1 is 0.957 bits per heavy atom. The van der Waals surface area contributed by atoms with Gasteiger partial charge in [0, 0.05) is 5.56 Å². The van der Waals surface area contributed by atoms with Crippen LogP contribution >= 0.6 is 0 Å². The molecule has 0 saturated heterocycles. The van der Waals surface area contributed by atoms with E-state index in [1.165, 1.54) is 18.2 Å². The van der Waals surface area contributed by atoms with Crippen molar-refractivity contribution in [3.05, 3.63) is 65.7 Å². The Hall–Kier alpha value is -2.83. The van der Waals surface area contributed by atoms with E-state index < -0.39 is 18.0 Å². The molecule has 0 aliphatic rings. The Balaban J connectivity index is 2.05. The van der Waals surface area contributed by atoms with E-state index in [1.807, 2.05) is 0 Å². The van der Waals surface area contributed by atoms with Gasteiger partial charge < -0.3 is 10.1 Å². The maximum atomic E-state index is 12.3. The van der Waals surface area contributed by atoms with Crippen molar-refractivity contribution < 1.29 is 27.5 Å². The summed E-state index contributed by atoms with van der Waals surface area (Å²) in [5.41, 5.74) is 0.0957. The molecule has 2 aromatic carbocycles. The third-order valence-corrected chi connectivity index (χ3v) is 2.86. The van der Waals surface area contributed by atoms with Crippen LogP contribution in [0.5, 0.6) is 5.75 Å². The zero-order valence-corrected chi connectivity index (χ0v) is 11.8. The molecule has 0 unspecified atom stereocenters. The van der Waals surface area contributed by atoms with Gasteiger partial charge in [-0.1, -0.05) is 42.5 Å². The maximum Gasteiger partial charge on any atom is 0.573 e. The molecule has 7 heteroatoms. The molecule has 120 valence electrons. The lowest BCUT2D eigenvalue weighted by Crippen LogP contribution is -2.30. The summed E-state index contributed by atoms with van der Waals surface area (Å²) in [5, 5.41) is 2.29. The Bertz CT molecular complexity index is 699. The quantitative estimate of drug-likeness (QED) is 0.860. The summed E-state index contributed by atoms with van der Waals surface area (Å²) < 4.78 is 40.7. The largest absolute Gasteiger partial charge is 0.573 e. The minimum absolute atomic E-state index is 0.300. The van der Waals surface area contributed by atoms with Gasteiger partial charge in [0.1, 0.15) is 5.75 Å². The van der Waals surface area contributed by atoms with Gasteiger partial charge in [0.15, 0.2) is 5.78 Å². The minimum Gasteiger partial charge on any atom is -0.405 e. The molecule has 0 bridgehead atoms. The highest BCUT2D eigenvalue weighted by Gasteiger charge is 2.32. The fourth-order valence-corrected chi connectivity index (χ4v) is 1.85. The highest BCUT2D eigenvalue weighted by molar-refractivity contribution is 6.03. The summed E-state index contributed by atoms with van der Waals surface area (Å²) in [6.07, 6.45) is -4.91. The summed E-state index contributed by atoms with van der Waals surface area (Å²) in [6.45, 7) is -0.330. The SMILES string of the molecule is O=C(CNC(=O)c1ccccc1OC(F)(F)F)c1ccccc1. The van der Waals surface area contributed by atoms with E-state index in [9.17, 15) is 22.8 Å². The average Bonchev–Trinajstić information content (AvgIpc) is 2.52. The van der Waals surface area contributed by atoms with E-state index in [0.29, 0.717) is 5.56 Å². The predicted molar refractivity (Wildman–Crippen MR) is 76.2 cm³/mol. The van der Waals surface area contributed by atoms with E-state index >= 15 is 0 Å². The highest BCUT2D eigenvalue weighted by atomic mass is 19.4. The monoisotopic (exact) mass is 323 g/mol. The average molecular weight is 323 g/mol. The number of amides is 1. The van der Waals surface area contributed by atoms with Gasteiger partial charge in [-0.15, -0.1) is 13.2 Å². The van der Waals surface area contributed by atoms with Crippen LogP contribution in [0.1, 0.15) is 20.7 Å². The van der Waals surface area contributed by atoms with Gasteiger partial charge in [-0.2, -0.15) is 0 Å². The molecular formula is C16H12F3NO3. The lowest BCUT2D eigenvalue weighted by atomic mass is 10.1.